The normalized spacial score (nSPS) is 17.0. The second-order valence-electron chi connectivity index (χ2n) is 9.30. The highest BCUT2D eigenvalue weighted by atomic mass is 32.1. The number of fused-ring (bicyclic) bond motifs is 1. The third-order valence-corrected chi connectivity index (χ3v) is 7.91. The second-order valence-corrected chi connectivity index (χ2v) is 10.1. The molecule has 0 saturated carbocycles. The Hall–Kier alpha value is -3.20. The molecule has 0 radical (unpaired) electrons. The number of hydrogen-bond donors (Lipinski definition) is 1. The summed E-state index contributed by atoms with van der Waals surface area (Å²) in [6.07, 6.45) is 6.44. The van der Waals surface area contributed by atoms with Gasteiger partial charge in [-0.1, -0.05) is 0 Å². The Labute approximate surface area is 209 Å². The van der Waals surface area contributed by atoms with Crippen molar-refractivity contribution in [3.8, 4) is 5.75 Å². The number of anilines is 2. The van der Waals surface area contributed by atoms with E-state index in [-0.39, 0.29) is 17.7 Å². The molecule has 0 bridgehead atoms. The standard InChI is InChI=1S/C26H31N5O3S/c1-17-22-23(21(16-27-25(22)35-29-17)26(33)31-12-4-3-5-13-31)30-14-10-18(11-15-30)24(32)28-19-6-8-20(34-2)9-7-19/h6-9,16,18H,3-5,10-15H2,1-2H3,(H,28,32). The van der Waals surface area contributed by atoms with Gasteiger partial charge in [-0.3, -0.25) is 9.59 Å². The van der Waals surface area contributed by atoms with Gasteiger partial charge >= 0.3 is 0 Å². The van der Waals surface area contributed by atoms with Crippen molar-refractivity contribution < 1.29 is 14.3 Å². The molecule has 1 aromatic carbocycles. The van der Waals surface area contributed by atoms with Crippen LogP contribution < -0.4 is 15.0 Å². The van der Waals surface area contributed by atoms with Crippen molar-refractivity contribution in [2.24, 2.45) is 5.92 Å². The van der Waals surface area contributed by atoms with Crippen LogP contribution in [0.5, 0.6) is 5.75 Å². The molecule has 2 aliphatic rings. The number of carbonyl (C=O) groups excluding carboxylic acids is 2. The summed E-state index contributed by atoms with van der Waals surface area (Å²) in [6, 6.07) is 7.38. The first kappa shape index (κ1) is 23.5. The smallest absolute Gasteiger partial charge is 0.257 e. The zero-order valence-corrected chi connectivity index (χ0v) is 21.1. The number of benzene rings is 1. The molecule has 4 heterocycles. The topological polar surface area (TPSA) is 87.7 Å². The maximum absolute atomic E-state index is 13.5. The number of nitrogens with zero attached hydrogens (tertiary/aromatic N) is 4. The summed E-state index contributed by atoms with van der Waals surface area (Å²) in [5.74, 6) is 0.772. The van der Waals surface area contributed by atoms with E-state index in [9.17, 15) is 9.59 Å². The Balaban J connectivity index is 1.34. The predicted octanol–water partition coefficient (Wildman–Crippen LogP) is 4.49. The molecule has 3 aromatic rings. The van der Waals surface area contributed by atoms with E-state index in [1.165, 1.54) is 18.0 Å². The number of pyridine rings is 1. The first-order valence-electron chi connectivity index (χ1n) is 12.3. The third kappa shape index (κ3) is 4.82. The Morgan fingerprint density at radius 3 is 2.46 bits per heavy atom. The lowest BCUT2D eigenvalue weighted by Crippen LogP contribution is -2.40. The van der Waals surface area contributed by atoms with Gasteiger partial charge in [0, 0.05) is 44.0 Å². The molecule has 0 spiro atoms. The van der Waals surface area contributed by atoms with Gasteiger partial charge in [0.25, 0.3) is 5.91 Å². The number of nitrogens with one attached hydrogen (secondary N) is 1. The van der Waals surface area contributed by atoms with Crippen molar-refractivity contribution in [1.82, 2.24) is 14.3 Å². The van der Waals surface area contributed by atoms with Crippen LogP contribution in [-0.4, -0.2) is 59.4 Å². The van der Waals surface area contributed by atoms with Gasteiger partial charge in [0.15, 0.2) is 0 Å². The summed E-state index contributed by atoms with van der Waals surface area (Å²) >= 11 is 1.37. The van der Waals surface area contributed by atoms with Gasteiger partial charge in [0.2, 0.25) is 5.91 Å². The zero-order chi connectivity index (χ0) is 24.4. The van der Waals surface area contributed by atoms with Crippen LogP contribution in [-0.2, 0) is 4.79 Å². The minimum Gasteiger partial charge on any atom is -0.497 e. The molecule has 1 N–H and O–H groups in total. The first-order chi connectivity index (χ1) is 17.0. The van der Waals surface area contributed by atoms with Crippen molar-refractivity contribution in [3.05, 3.63) is 41.7 Å². The highest BCUT2D eigenvalue weighted by Gasteiger charge is 2.31. The predicted molar refractivity (Wildman–Crippen MR) is 138 cm³/mol. The van der Waals surface area contributed by atoms with Crippen LogP contribution in [0.25, 0.3) is 10.2 Å². The van der Waals surface area contributed by atoms with E-state index in [1.54, 1.807) is 13.3 Å². The molecule has 35 heavy (non-hydrogen) atoms. The van der Waals surface area contributed by atoms with E-state index in [0.717, 1.165) is 71.8 Å². The molecule has 2 fully saturated rings. The number of likely N-dealkylation sites (tertiary alicyclic amines) is 1. The van der Waals surface area contributed by atoms with E-state index in [2.05, 4.69) is 19.6 Å². The number of hydrogen-bond acceptors (Lipinski definition) is 7. The fourth-order valence-corrected chi connectivity index (χ4v) is 5.82. The van der Waals surface area contributed by atoms with Crippen molar-refractivity contribution in [1.29, 1.82) is 0 Å². The van der Waals surface area contributed by atoms with Crippen molar-refractivity contribution in [3.63, 3.8) is 0 Å². The molecule has 2 aliphatic heterocycles. The van der Waals surface area contributed by atoms with Gasteiger partial charge < -0.3 is 19.9 Å². The fraction of sp³-hybridized carbons (Fsp3) is 0.462. The molecule has 0 aliphatic carbocycles. The Bertz CT molecular complexity index is 1210. The van der Waals surface area contributed by atoms with Crippen LogP contribution in [0.2, 0.25) is 0 Å². The quantitative estimate of drug-likeness (QED) is 0.564. The summed E-state index contributed by atoms with van der Waals surface area (Å²) in [4.78, 5) is 36.1. The minimum absolute atomic E-state index is 0.0349. The number of aromatic nitrogens is 2. The molecular formula is C26H31N5O3S. The van der Waals surface area contributed by atoms with Crippen LogP contribution in [0.1, 0.15) is 48.2 Å². The average Bonchev–Trinajstić information content (AvgIpc) is 3.29. The number of aryl methyl sites for hydroxylation is 1. The number of methoxy groups -OCH3 is 1. The largest absolute Gasteiger partial charge is 0.497 e. The molecule has 2 aromatic heterocycles. The molecule has 9 heteroatoms. The molecule has 0 unspecified atom stereocenters. The summed E-state index contributed by atoms with van der Waals surface area (Å²) in [5, 5.41) is 4.00. The Kier molecular flexibility index (Phi) is 6.86. The van der Waals surface area contributed by atoms with Gasteiger partial charge in [0.05, 0.1) is 29.4 Å². The summed E-state index contributed by atoms with van der Waals surface area (Å²) in [7, 11) is 1.62. The molecule has 2 saturated heterocycles. The van der Waals surface area contributed by atoms with E-state index >= 15 is 0 Å². The van der Waals surface area contributed by atoms with E-state index in [1.807, 2.05) is 36.1 Å². The highest BCUT2D eigenvalue weighted by molar-refractivity contribution is 7.13. The van der Waals surface area contributed by atoms with Crippen molar-refractivity contribution in [2.75, 3.05) is 43.5 Å². The van der Waals surface area contributed by atoms with Gasteiger partial charge in [-0.25, -0.2) is 4.98 Å². The summed E-state index contributed by atoms with van der Waals surface area (Å²) < 4.78 is 9.71. The first-order valence-corrected chi connectivity index (χ1v) is 13.1. The van der Waals surface area contributed by atoms with Crippen LogP contribution in [0.3, 0.4) is 0 Å². The van der Waals surface area contributed by atoms with Crippen LogP contribution in [0.4, 0.5) is 11.4 Å². The summed E-state index contributed by atoms with van der Waals surface area (Å²) in [5.41, 5.74) is 3.26. The minimum atomic E-state index is -0.0753. The van der Waals surface area contributed by atoms with Gasteiger partial charge in [0.1, 0.15) is 10.6 Å². The lowest BCUT2D eigenvalue weighted by atomic mass is 9.94. The van der Waals surface area contributed by atoms with Crippen LogP contribution in [0.15, 0.2) is 30.5 Å². The third-order valence-electron chi connectivity index (χ3n) is 7.06. The number of amides is 2. The van der Waals surface area contributed by atoms with Gasteiger partial charge in [-0.05, 0) is 74.8 Å². The molecule has 2 amide bonds. The fourth-order valence-electron chi connectivity index (χ4n) is 5.07. The zero-order valence-electron chi connectivity index (χ0n) is 20.2. The van der Waals surface area contributed by atoms with E-state index in [0.29, 0.717) is 18.7 Å². The van der Waals surface area contributed by atoms with E-state index in [4.69, 9.17) is 4.74 Å². The monoisotopic (exact) mass is 493 g/mol. The maximum atomic E-state index is 13.5. The lowest BCUT2D eigenvalue weighted by molar-refractivity contribution is -0.120. The molecule has 5 rings (SSSR count). The van der Waals surface area contributed by atoms with Crippen LogP contribution >= 0.6 is 11.5 Å². The number of carbonyl (C=O) groups is 2. The molecular weight excluding hydrogens is 462 g/mol. The Morgan fingerprint density at radius 1 is 1.06 bits per heavy atom. The van der Waals surface area contributed by atoms with Gasteiger partial charge in [-0.15, -0.1) is 0 Å². The Morgan fingerprint density at radius 2 is 1.77 bits per heavy atom. The van der Waals surface area contributed by atoms with Crippen molar-refractivity contribution >= 4 is 44.9 Å². The lowest BCUT2D eigenvalue weighted by Gasteiger charge is -2.35. The number of rotatable bonds is 5. The van der Waals surface area contributed by atoms with E-state index < -0.39 is 0 Å². The maximum Gasteiger partial charge on any atom is 0.257 e. The number of ether oxygens (including phenoxy) is 1. The molecule has 0 atom stereocenters. The van der Waals surface area contributed by atoms with Gasteiger partial charge in [-0.2, -0.15) is 4.37 Å². The SMILES string of the molecule is COc1ccc(NC(=O)C2CCN(c3c(C(=O)N4CCCCC4)cnc4snc(C)c34)CC2)cc1. The average molecular weight is 494 g/mol. The second kappa shape index (κ2) is 10.2. The van der Waals surface area contributed by atoms with Crippen LogP contribution in [0, 0.1) is 12.8 Å². The molecule has 8 nitrogen and oxygen atoms in total. The number of piperidine rings is 2. The highest BCUT2D eigenvalue weighted by Crippen LogP contribution is 2.37. The van der Waals surface area contributed by atoms with Crippen molar-refractivity contribution in [2.45, 2.75) is 39.0 Å². The molecule has 184 valence electrons. The summed E-state index contributed by atoms with van der Waals surface area (Å²) in [6.45, 7) is 4.98.